The highest BCUT2D eigenvalue weighted by molar-refractivity contribution is 8.00. The van der Waals surface area contributed by atoms with Crippen molar-refractivity contribution in [1.29, 1.82) is 0 Å². The minimum Gasteiger partial charge on any atom is -0.325 e. The van der Waals surface area contributed by atoms with Crippen LogP contribution in [-0.2, 0) is 11.3 Å². The number of H-pyrrole nitrogens is 1. The number of benzene rings is 2. The van der Waals surface area contributed by atoms with Gasteiger partial charge < -0.3 is 5.32 Å². The third-order valence-electron chi connectivity index (χ3n) is 3.96. The maximum Gasteiger partial charge on any atom is 0.344 e. The molecule has 0 aliphatic heterocycles. The molecule has 1 aromatic heterocycles. The number of aryl methyl sites for hydroxylation is 1. The van der Waals surface area contributed by atoms with Crippen LogP contribution in [0.2, 0.25) is 0 Å². The van der Waals surface area contributed by atoms with Gasteiger partial charge >= 0.3 is 5.69 Å². The number of carbonyl (C=O) groups excluding carboxylic acids is 1. The summed E-state index contributed by atoms with van der Waals surface area (Å²) in [6.07, 6.45) is 0. The summed E-state index contributed by atoms with van der Waals surface area (Å²) in [5, 5.41) is 9.54. The highest BCUT2D eigenvalue weighted by Gasteiger charge is 2.19. The fourth-order valence-corrected chi connectivity index (χ4v) is 3.31. The molecule has 0 spiro atoms. The molecule has 6 nitrogen and oxygen atoms in total. The van der Waals surface area contributed by atoms with Gasteiger partial charge in [-0.1, -0.05) is 60.3 Å². The first kappa shape index (κ1) is 18.0. The van der Waals surface area contributed by atoms with E-state index in [1.54, 1.807) is 6.92 Å². The fraction of sp³-hybridized carbons (Fsp3) is 0.211. The Labute approximate surface area is 155 Å². The summed E-state index contributed by atoms with van der Waals surface area (Å²) in [6.45, 7) is 4.15. The summed E-state index contributed by atoms with van der Waals surface area (Å²) in [7, 11) is 0. The summed E-state index contributed by atoms with van der Waals surface area (Å²) >= 11 is 1.25. The van der Waals surface area contributed by atoms with Crippen LogP contribution in [0.5, 0.6) is 0 Å². The molecule has 0 fully saturated rings. The molecule has 7 heteroatoms. The van der Waals surface area contributed by atoms with Crippen molar-refractivity contribution in [3.8, 4) is 0 Å². The summed E-state index contributed by atoms with van der Waals surface area (Å²) in [5.74, 6) is -0.133. The van der Waals surface area contributed by atoms with Gasteiger partial charge in [-0.2, -0.15) is 0 Å². The summed E-state index contributed by atoms with van der Waals surface area (Å²) < 4.78 is 1.54. The number of anilines is 1. The fourth-order valence-electron chi connectivity index (χ4n) is 2.46. The van der Waals surface area contributed by atoms with E-state index in [2.05, 4.69) is 15.5 Å². The number of amides is 1. The molecule has 0 bridgehead atoms. The van der Waals surface area contributed by atoms with Gasteiger partial charge in [-0.3, -0.25) is 9.36 Å². The summed E-state index contributed by atoms with van der Waals surface area (Å²) in [4.78, 5) is 24.6. The largest absolute Gasteiger partial charge is 0.344 e. The highest BCUT2D eigenvalue weighted by atomic mass is 32.2. The molecule has 0 saturated heterocycles. The molecule has 134 valence electrons. The number of para-hydroxylation sites is 1. The number of hydrogen-bond acceptors (Lipinski definition) is 4. The van der Waals surface area contributed by atoms with Crippen LogP contribution >= 0.6 is 11.8 Å². The molecule has 1 amide bonds. The Morgan fingerprint density at radius 2 is 1.88 bits per heavy atom. The Balaban J connectivity index is 1.71. The summed E-state index contributed by atoms with van der Waals surface area (Å²) in [5.41, 5.74) is 2.49. The van der Waals surface area contributed by atoms with Crippen LogP contribution in [0.4, 0.5) is 5.69 Å². The van der Waals surface area contributed by atoms with E-state index in [4.69, 9.17) is 0 Å². The predicted molar refractivity (Wildman–Crippen MR) is 104 cm³/mol. The van der Waals surface area contributed by atoms with E-state index < -0.39 is 5.25 Å². The van der Waals surface area contributed by atoms with Crippen LogP contribution in [-0.4, -0.2) is 25.9 Å². The van der Waals surface area contributed by atoms with E-state index in [1.165, 1.54) is 16.3 Å². The minimum atomic E-state index is -0.403. The molecule has 0 aliphatic carbocycles. The van der Waals surface area contributed by atoms with Gasteiger partial charge in [-0.15, -0.1) is 5.10 Å². The lowest BCUT2D eigenvalue weighted by atomic mass is 10.2. The summed E-state index contributed by atoms with van der Waals surface area (Å²) in [6, 6.07) is 17.3. The topological polar surface area (TPSA) is 79.8 Å². The predicted octanol–water partition coefficient (Wildman–Crippen LogP) is 3.05. The molecular weight excluding hydrogens is 348 g/mol. The number of hydrogen-bond donors (Lipinski definition) is 2. The van der Waals surface area contributed by atoms with Gasteiger partial charge in [-0.25, -0.2) is 9.89 Å². The van der Waals surface area contributed by atoms with Gasteiger partial charge in [-0.05, 0) is 31.0 Å². The zero-order chi connectivity index (χ0) is 18.5. The number of nitrogens with zero attached hydrogens (tertiary/aromatic N) is 2. The Hall–Kier alpha value is -2.80. The van der Waals surface area contributed by atoms with Crippen molar-refractivity contribution in [1.82, 2.24) is 14.8 Å². The standard InChI is InChI=1S/C19H20N4O2S/c1-13-8-6-7-11-16(13)20-17(24)14(2)26-19-22-21-18(25)23(19)12-15-9-4-3-5-10-15/h3-11,14H,12H2,1-2H3,(H,20,24)(H,21,25)/t14-/m0/s1. The second-order valence-electron chi connectivity index (χ2n) is 5.95. The maximum absolute atomic E-state index is 12.5. The van der Waals surface area contributed by atoms with Gasteiger partial charge in [0, 0.05) is 5.69 Å². The first-order valence-electron chi connectivity index (χ1n) is 8.27. The molecule has 0 radical (unpaired) electrons. The van der Waals surface area contributed by atoms with Crippen LogP contribution in [0, 0.1) is 6.92 Å². The molecular formula is C19H20N4O2S. The number of aromatic nitrogens is 3. The van der Waals surface area contributed by atoms with Gasteiger partial charge in [0.05, 0.1) is 11.8 Å². The van der Waals surface area contributed by atoms with E-state index in [0.717, 1.165) is 16.8 Å². The van der Waals surface area contributed by atoms with E-state index in [0.29, 0.717) is 11.7 Å². The van der Waals surface area contributed by atoms with Crippen molar-refractivity contribution >= 4 is 23.4 Å². The van der Waals surface area contributed by atoms with Gasteiger partial charge in [0.25, 0.3) is 0 Å². The highest BCUT2D eigenvalue weighted by Crippen LogP contribution is 2.22. The first-order valence-corrected chi connectivity index (χ1v) is 9.15. The molecule has 0 aliphatic rings. The second kappa shape index (κ2) is 8.05. The third kappa shape index (κ3) is 4.23. The molecule has 1 heterocycles. The quantitative estimate of drug-likeness (QED) is 0.656. The van der Waals surface area contributed by atoms with Crippen LogP contribution in [0.1, 0.15) is 18.1 Å². The lowest BCUT2D eigenvalue weighted by Crippen LogP contribution is -2.24. The monoisotopic (exact) mass is 368 g/mol. The normalized spacial score (nSPS) is 11.9. The third-order valence-corrected chi connectivity index (χ3v) is 5.05. The zero-order valence-corrected chi connectivity index (χ0v) is 15.4. The molecule has 2 N–H and O–H groups in total. The molecule has 2 aromatic carbocycles. The molecule has 3 rings (SSSR count). The van der Waals surface area contributed by atoms with Crippen LogP contribution in [0.25, 0.3) is 0 Å². The zero-order valence-electron chi connectivity index (χ0n) is 14.6. The van der Waals surface area contributed by atoms with Crippen LogP contribution in [0.3, 0.4) is 0 Å². The van der Waals surface area contributed by atoms with Gasteiger partial charge in [0.15, 0.2) is 5.16 Å². The molecule has 1 atom stereocenters. The van der Waals surface area contributed by atoms with E-state index >= 15 is 0 Å². The van der Waals surface area contributed by atoms with Gasteiger partial charge in [0.2, 0.25) is 5.91 Å². The van der Waals surface area contributed by atoms with Gasteiger partial charge in [0.1, 0.15) is 0 Å². The van der Waals surface area contributed by atoms with Crippen LogP contribution in [0.15, 0.2) is 64.5 Å². The molecule has 0 unspecified atom stereocenters. The molecule has 3 aromatic rings. The Bertz CT molecular complexity index is 949. The number of carbonyl (C=O) groups is 1. The average molecular weight is 368 g/mol. The Morgan fingerprint density at radius 3 is 2.62 bits per heavy atom. The number of aromatic amines is 1. The average Bonchev–Trinajstić information content (AvgIpc) is 2.98. The first-order chi connectivity index (χ1) is 12.5. The maximum atomic E-state index is 12.5. The van der Waals surface area contributed by atoms with Crippen molar-refractivity contribution in [3.05, 3.63) is 76.2 Å². The van der Waals surface area contributed by atoms with Crippen molar-refractivity contribution in [3.63, 3.8) is 0 Å². The lowest BCUT2D eigenvalue weighted by molar-refractivity contribution is -0.115. The van der Waals surface area contributed by atoms with Crippen molar-refractivity contribution in [2.75, 3.05) is 5.32 Å². The number of nitrogens with one attached hydrogen (secondary N) is 2. The van der Waals surface area contributed by atoms with Crippen molar-refractivity contribution in [2.45, 2.75) is 30.8 Å². The lowest BCUT2D eigenvalue weighted by Gasteiger charge is -2.13. The number of rotatable bonds is 6. The molecule has 0 saturated carbocycles. The SMILES string of the molecule is Cc1ccccc1NC(=O)[C@H](C)Sc1n[nH]c(=O)n1Cc1ccccc1. The number of thioether (sulfide) groups is 1. The smallest absolute Gasteiger partial charge is 0.325 e. The minimum absolute atomic E-state index is 0.133. The van der Waals surface area contributed by atoms with E-state index in [9.17, 15) is 9.59 Å². The van der Waals surface area contributed by atoms with Crippen molar-refractivity contribution < 1.29 is 4.79 Å². The Morgan fingerprint density at radius 1 is 1.19 bits per heavy atom. The second-order valence-corrected chi connectivity index (χ2v) is 7.26. The Kier molecular flexibility index (Phi) is 5.58. The van der Waals surface area contributed by atoms with Crippen LogP contribution < -0.4 is 11.0 Å². The molecule has 26 heavy (non-hydrogen) atoms. The van der Waals surface area contributed by atoms with E-state index in [-0.39, 0.29) is 11.6 Å². The van der Waals surface area contributed by atoms with Crippen molar-refractivity contribution in [2.24, 2.45) is 0 Å². The van der Waals surface area contributed by atoms with E-state index in [1.807, 2.05) is 61.5 Å².